The Hall–Kier alpha value is -3.29. The van der Waals surface area contributed by atoms with Crippen LogP contribution in [0.5, 0.6) is 0 Å². The van der Waals surface area contributed by atoms with Gasteiger partial charge in [0, 0.05) is 30.2 Å². The summed E-state index contributed by atoms with van der Waals surface area (Å²) < 4.78 is 0. The number of carbonyl (C=O) groups is 1. The second kappa shape index (κ2) is 8.16. The van der Waals surface area contributed by atoms with E-state index in [9.17, 15) is 4.79 Å². The fourth-order valence-electron chi connectivity index (χ4n) is 3.55. The molecule has 144 valence electrons. The second-order valence-electron chi connectivity index (χ2n) is 6.92. The average Bonchev–Trinajstić information content (AvgIpc) is 3.38. The van der Waals surface area contributed by atoms with Gasteiger partial charge in [-0.3, -0.25) is 14.9 Å². The molecule has 3 N–H and O–H groups in total. The fraction of sp³-hybridized carbons (Fsp3) is 0.350. The molecule has 1 amide bonds. The van der Waals surface area contributed by atoms with Gasteiger partial charge in [0.25, 0.3) is 5.91 Å². The van der Waals surface area contributed by atoms with Gasteiger partial charge in [-0.2, -0.15) is 5.10 Å². The van der Waals surface area contributed by atoms with E-state index in [1.807, 2.05) is 31.2 Å². The molecule has 8 heteroatoms. The minimum atomic E-state index is -0.0651. The summed E-state index contributed by atoms with van der Waals surface area (Å²) in [7, 11) is 0. The number of nitrogens with zero attached hydrogens (tertiary/aromatic N) is 4. The summed E-state index contributed by atoms with van der Waals surface area (Å²) in [5.41, 5.74) is 3.10. The Bertz CT molecular complexity index is 940. The van der Waals surface area contributed by atoms with Gasteiger partial charge >= 0.3 is 0 Å². The number of H-pyrrole nitrogens is 1. The van der Waals surface area contributed by atoms with Crippen LogP contribution in [0.2, 0.25) is 0 Å². The van der Waals surface area contributed by atoms with Crippen LogP contribution in [0.15, 0.2) is 42.9 Å². The zero-order valence-electron chi connectivity index (χ0n) is 15.7. The van der Waals surface area contributed by atoms with E-state index in [4.69, 9.17) is 0 Å². The summed E-state index contributed by atoms with van der Waals surface area (Å²) in [5.74, 6) is 0.521. The molecule has 8 nitrogen and oxygen atoms in total. The Kier molecular flexibility index (Phi) is 5.27. The van der Waals surface area contributed by atoms with Gasteiger partial charge in [0.2, 0.25) is 5.95 Å². The highest BCUT2D eigenvalue weighted by Crippen LogP contribution is 2.23. The molecule has 0 aliphatic heterocycles. The molecule has 0 spiro atoms. The Labute approximate surface area is 163 Å². The predicted octanol–water partition coefficient (Wildman–Crippen LogP) is 2.59. The number of carbonyl (C=O) groups excluding carboxylic acids is 1. The van der Waals surface area contributed by atoms with Crippen molar-refractivity contribution in [3.05, 3.63) is 54.1 Å². The lowest BCUT2D eigenvalue weighted by Crippen LogP contribution is -2.34. The first kappa shape index (κ1) is 18.1. The SMILES string of the molecule is CCc1[nH]ncc1C(=O)N[C@H]1CC[C@H](Nc2nccc(-c3ccccn3)n2)C1. The Balaban J connectivity index is 1.36. The topological polar surface area (TPSA) is 108 Å². The molecule has 1 aliphatic rings. The van der Waals surface area contributed by atoms with Crippen molar-refractivity contribution in [1.82, 2.24) is 30.5 Å². The molecule has 28 heavy (non-hydrogen) atoms. The number of amides is 1. The summed E-state index contributed by atoms with van der Waals surface area (Å²) >= 11 is 0. The lowest BCUT2D eigenvalue weighted by molar-refractivity contribution is 0.0937. The van der Waals surface area contributed by atoms with Crippen molar-refractivity contribution in [3.8, 4) is 11.4 Å². The van der Waals surface area contributed by atoms with Crippen molar-refractivity contribution in [1.29, 1.82) is 0 Å². The molecule has 4 rings (SSSR count). The molecule has 0 bridgehead atoms. The van der Waals surface area contributed by atoms with Crippen LogP contribution in [0.4, 0.5) is 5.95 Å². The summed E-state index contributed by atoms with van der Waals surface area (Å²) in [6, 6.07) is 7.94. The molecule has 3 aromatic rings. The van der Waals surface area contributed by atoms with Gasteiger partial charge in [0.05, 0.1) is 23.1 Å². The quantitative estimate of drug-likeness (QED) is 0.609. The van der Waals surface area contributed by atoms with E-state index in [0.29, 0.717) is 11.5 Å². The molecule has 3 heterocycles. The van der Waals surface area contributed by atoms with E-state index in [2.05, 4.69) is 35.8 Å². The van der Waals surface area contributed by atoms with Crippen molar-refractivity contribution in [2.75, 3.05) is 5.32 Å². The van der Waals surface area contributed by atoms with Crippen molar-refractivity contribution in [2.45, 2.75) is 44.7 Å². The van der Waals surface area contributed by atoms with Gasteiger partial charge in [-0.25, -0.2) is 9.97 Å². The minimum absolute atomic E-state index is 0.0651. The van der Waals surface area contributed by atoms with Crippen LogP contribution in [0.3, 0.4) is 0 Å². The molecule has 0 saturated heterocycles. The molecule has 0 unspecified atom stereocenters. The number of nitrogens with one attached hydrogen (secondary N) is 3. The van der Waals surface area contributed by atoms with Crippen LogP contribution in [0.25, 0.3) is 11.4 Å². The number of aryl methyl sites for hydroxylation is 1. The lowest BCUT2D eigenvalue weighted by atomic mass is 10.1. The van der Waals surface area contributed by atoms with Gasteiger partial charge in [-0.05, 0) is 43.9 Å². The van der Waals surface area contributed by atoms with Crippen LogP contribution < -0.4 is 10.6 Å². The van der Waals surface area contributed by atoms with E-state index in [1.165, 1.54) is 0 Å². The van der Waals surface area contributed by atoms with Crippen molar-refractivity contribution >= 4 is 11.9 Å². The van der Waals surface area contributed by atoms with Crippen molar-refractivity contribution in [3.63, 3.8) is 0 Å². The van der Waals surface area contributed by atoms with Gasteiger partial charge in [0.15, 0.2) is 0 Å². The van der Waals surface area contributed by atoms with E-state index in [-0.39, 0.29) is 18.0 Å². The maximum Gasteiger partial charge on any atom is 0.254 e. The smallest absolute Gasteiger partial charge is 0.254 e. The first-order chi connectivity index (χ1) is 13.7. The average molecular weight is 377 g/mol. The van der Waals surface area contributed by atoms with Crippen molar-refractivity contribution in [2.24, 2.45) is 0 Å². The molecular weight excluding hydrogens is 354 g/mol. The maximum absolute atomic E-state index is 12.5. The van der Waals surface area contributed by atoms with Gasteiger partial charge in [0.1, 0.15) is 0 Å². The number of hydrogen-bond acceptors (Lipinski definition) is 6. The van der Waals surface area contributed by atoms with E-state index >= 15 is 0 Å². The number of hydrogen-bond donors (Lipinski definition) is 3. The Morgan fingerprint density at radius 1 is 1.14 bits per heavy atom. The number of anilines is 1. The first-order valence-electron chi connectivity index (χ1n) is 9.57. The molecule has 0 aromatic carbocycles. The summed E-state index contributed by atoms with van der Waals surface area (Å²) in [4.78, 5) is 25.7. The van der Waals surface area contributed by atoms with Crippen LogP contribution in [-0.2, 0) is 6.42 Å². The van der Waals surface area contributed by atoms with Gasteiger partial charge in [-0.15, -0.1) is 0 Å². The van der Waals surface area contributed by atoms with E-state index in [0.717, 1.165) is 42.8 Å². The van der Waals surface area contributed by atoms with E-state index < -0.39 is 0 Å². The standard InChI is InChI=1S/C20H23N7O/c1-2-16-15(12-23-27-16)19(28)24-13-6-7-14(11-13)25-20-22-10-8-18(26-20)17-5-3-4-9-21-17/h3-5,8-10,12-14H,2,6-7,11H2,1H3,(H,23,27)(H,24,28)(H,22,25,26)/t13-,14-/m0/s1. The first-order valence-corrected chi connectivity index (χ1v) is 9.57. The Morgan fingerprint density at radius 2 is 2.04 bits per heavy atom. The monoisotopic (exact) mass is 377 g/mol. The van der Waals surface area contributed by atoms with Crippen LogP contribution >= 0.6 is 0 Å². The van der Waals surface area contributed by atoms with Crippen LogP contribution in [-0.4, -0.2) is 43.1 Å². The lowest BCUT2D eigenvalue weighted by Gasteiger charge is -2.15. The summed E-state index contributed by atoms with van der Waals surface area (Å²) in [6.07, 6.45) is 8.54. The predicted molar refractivity (Wildman–Crippen MR) is 106 cm³/mol. The zero-order chi connectivity index (χ0) is 19.3. The number of pyridine rings is 1. The third-order valence-corrected chi connectivity index (χ3v) is 5.00. The fourth-order valence-corrected chi connectivity index (χ4v) is 3.55. The van der Waals surface area contributed by atoms with Gasteiger partial charge < -0.3 is 10.6 Å². The molecule has 0 radical (unpaired) electrons. The second-order valence-corrected chi connectivity index (χ2v) is 6.92. The molecule has 1 aliphatic carbocycles. The molecule has 1 fully saturated rings. The highest BCUT2D eigenvalue weighted by atomic mass is 16.1. The molecule has 2 atom stereocenters. The normalized spacial score (nSPS) is 18.8. The number of rotatable bonds is 6. The minimum Gasteiger partial charge on any atom is -0.351 e. The third kappa shape index (κ3) is 4.00. The highest BCUT2D eigenvalue weighted by molar-refractivity contribution is 5.95. The number of aromatic amines is 1. The molecule has 1 saturated carbocycles. The molecule has 3 aromatic heterocycles. The largest absolute Gasteiger partial charge is 0.351 e. The van der Waals surface area contributed by atoms with Gasteiger partial charge in [-0.1, -0.05) is 13.0 Å². The number of aromatic nitrogens is 5. The summed E-state index contributed by atoms with van der Waals surface area (Å²) in [5, 5.41) is 13.4. The Morgan fingerprint density at radius 3 is 2.86 bits per heavy atom. The maximum atomic E-state index is 12.5. The summed E-state index contributed by atoms with van der Waals surface area (Å²) in [6.45, 7) is 2.00. The third-order valence-electron chi connectivity index (χ3n) is 5.00. The highest BCUT2D eigenvalue weighted by Gasteiger charge is 2.27. The van der Waals surface area contributed by atoms with Crippen LogP contribution in [0, 0.1) is 0 Å². The zero-order valence-corrected chi connectivity index (χ0v) is 15.7. The van der Waals surface area contributed by atoms with Crippen LogP contribution in [0.1, 0.15) is 42.2 Å². The molecular formula is C20H23N7O. The van der Waals surface area contributed by atoms with Crippen molar-refractivity contribution < 1.29 is 4.79 Å². The van der Waals surface area contributed by atoms with E-state index in [1.54, 1.807) is 18.6 Å².